The van der Waals surface area contributed by atoms with Gasteiger partial charge in [0.1, 0.15) is 0 Å². The number of carbonyl (C=O) groups is 1. The summed E-state index contributed by atoms with van der Waals surface area (Å²) in [6.07, 6.45) is 0. The van der Waals surface area contributed by atoms with Crippen molar-refractivity contribution in [2.75, 3.05) is 19.7 Å². The van der Waals surface area contributed by atoms with Crippen LogP contribution < -0.4 is 14.2 Å². The Labute approximate surface area is 123 Å². The smallest absolute Gasteiger partial charge is 0.313 e. The van der Waals surface area contributed by atoms with Gasteiger partial charge in [0.05, 0.1) is 12.9 Å². The van der Waals surface area contributed by atoms with Crippen LogP contribution in [0.4, 0.5) is 0 Å². The average Bonchev–Trinajstić information content (AvgIpc) is 3.12. The van der Waals surface area contributed by atoms with Crippen molar-refractivity contribution >= 4 is 17.7 Å². The van der Waals surface area contributed by atoms with E-state index in [-0.39, 0.29) is 12.5 Å². The predicted molar refractivity (Wildman–Crippen MR) is 72.9 cm³/mol. The van der Waals surface area contributed by atoms with Crippen LogP contribution in [0.2, 0.25) is 0 Å². The molecule has 0 bridgehead atoms. The maximum Gasteiger partial charge on any atom is 0.313 e. The summed E-state index contributed by atoms with van der Waals surface area (Å²) in [5.41, 5.74) is 0.714. The first kappa shape index (κ1) is 13.6. The molecule has 2 heterocycles. The number of nitrogens with zero attached hydrogens (tertiary/aromatic N) is 2. The maximum absolute atomic E-state index is 10.5. The van der Waals surface area contributed by atoms with E-state index in [0.29, 0.717) is 33.8 Å². The van der Waals surface area contributed by atoms with Crippen molar-refractivity contribution < 1.29 is 24.1 Å². The van der Waals surface area contributed by atoms with E-state index in [4.69, 9.17) is 19.3 Å². The third-order valence-corrected chi connectivity index (χ3v) is 3.55. The molecule has 1 aromatic heterocycles. The van der Waals surface area contributed by atoms with E-state index in [0.717, 1.165) is 11.8 Å². The fraction of sp³-hybridized carbons (Fsp3) is 0.250. The highest BCUT2D eigenvalue weighted by molar-refractivity contribution is 7.99. The fourth-order valence-corrected chi connectivity index (χ4v) is 2.35. The molecule has 9 heteroatoms. The minimum Gasteiger partial charge on any atom is -0.493 e. The number of thioether (sulfide) groups is 1. The number of hydrogen-bond acceptors (Lipinski definition) is 7. The van der Waals surface area contributed by atoms with Gasteiger partial charge < -0.3 is 19.3 Å². The van der Waals surface area contributed by atoms with Crippen LogP contribution >= 0.6 is 11.8 Å². The quantitative estimate of drug-likeness (QED) is 0.798. The number of methoxy groups -OCH3 is 1. The van der Waals surface area contributed by atoms with Crippen molar-refractivity contribution in [1.29, 1.82) is 0 Å². The van der Waals surface area contributed by atoms with E-state index < -0.39 is 5.97 Å². The van der Waals surface area contributed by atoms with Crippen LogP contribution in [0.3, 0.4) is 0 Å². The highest BCUT2D eigenvalue weighted by Gasteiger charge is 2.21. The van der Waals surface area contributed by atoms with Gasteiger partial charge in [0, 0.05) is 5.56 Å². The van der Waals surface area contributed by atoms with E-state index in [1.807, 2.05) is 0 Å². The zero-order valence-electron chi connectivity index (χ0n) is 11.0. The summed E-state index contributed by atoms with van der Waals surface area (Å²) in [4.78, 5) is 14.8. The molecule has 0 fully saturated rings. The topological polar surface area (TPSA) is 107 Å². The van der Waals surface area contributed by atoms with Crippen LogP contribution in [0.1, 0.15) is 0 Å². The van der Waals surface area contributed by atoms with Gasteiger partial charge in [0.15, 0.2) is 17.3 Å². The van der Waals surface area contributed by atoms with E-state index >= 15 is 0 Å². The van der Waals surface area contributed by atoms with Crippen LogP contribution in [-0.2, 0) is 4.79 Å². The second kappa shape index (κ2) is 5.52. The molecule has 0 unspecified atom stereocenters. The monoisotopic (exact) mass is 309 g/mol. The van der Waals surface area contributed by atoms with Gasteiger partial charge >= 0.3 is 5.97 Å². The van der Waals surface area contributed by atoms with E-state index in [1.54, 1.807) is 12.1 Å². The molecular formula is C12H11N3O5S. The number of aromatic nitrogens is 3. The van der Waals surface area contributed by atoms with Crippen molar-refractivity contribution in [3.63, 3.8) is 0 Å². The zero-order valence-corrected chi connectivity index (χ0v) is 11.8. The molecule has 3 rings (SSSR count). The Morgan fingerprint density at radius 3 is 3.14 bits per heavy atom. The number of H-pyrrole nitrogens is 1. The Balaban J connectivity index is 1.88. The molecule has 1 aliphatic heterocycles. The summed E-state index contributed by atoms with van der Waals surface area (Å²) in [6, 6.07) is 3.51. The minimum absolute atomic E-state index is 0.0955. The lowest BCUT2D eigenvalue weighted by Crippen LogP contribution is -1.97. The largest absolute Gasteiger partial charge is 0.493 e. The Morgan fingerprint density at radius 1 is 1.52 bits per heavy atom. The van der Waals surface area contributed by atoms with Gasteiger partial charge in [-0.3, -0.25) is 9.89 Å². The van der Waals surface area contributed by atoms with Gasteiger partial charge in [-0.25, -0.2) is 4.98 Å². The first-order valence-electron chi connectivity index (χ1n) is 5.92. The van der Waals surface area contributed by atoms with Gasteiger partial charge in [0.25, 0.3) is 0 Å². The minimum atomic E-state index is -0.920. The van der Waals surface area contributed by atoms with Crippen molar-refractivity contribution in [1.82, 2.24) is 15.2 Å². The molecule has 8 nitrogen and oxygen atoms in total. The fourth-order valence-electron chi connectivity index (χ4n) is 1.83. The number of ether oxygens (including phenoxy) is 3. The van der Waals surface area contributed by atoms with Crippen molar-refractivity contribution in [3.05, 3.63) is 12.1 Å². The van der Waals surface area contributed by atoms with Crippen LogP contribution in [-0.4, -0.2) is 45.9 Å². The molecule has 110 valence electrons. The summed E-state index contributed by atoms with van der Waals surface area (Å²) in [6.45, 7) is 0.144. The number of aliphatic carboxylic acids is 1. The van der Waals surface area contributed by atoms with Crippen molar-refractivity contribution in [3.8, 4) is 28.6 Å². The summed E-state index contributed by atoms with van der Waals surface area (Å²) in [5.74, 6) is 1.15. The number of aromatic amines is 1. The van der Waals surface area contributed by atoms with Gasteiger partial charge in [-0.2, -0.15) is 0 Å². The molecule has 0 aliphatic carbocycles. The number of hydrogen-bond donors (Lipinski definition) is 2. The van der Waals surface area contributed by atoms with Crippen LogP contribution in [0.5, 0.6) is 17.2 Å². The standard InChI is InChI=1S/C12H11N3O5S/c1-18-7-2-6(3-8-10(7)20-5-19-8)11-13-12(15-14-11)21-4-9(16)17/h2-3H,4-5H2,1H3,(H,16,17)(H,13,14,15). The van der Waals surface area contributed by atoms with E-state index in [1.165, 1.54) is 7.11 Å². The highest BCUT2D eigenvalue weighted by Crippen LogP contribution is 2.43. The van der Waals surface area contributed by atoms with Crippen molar-refractivity contribution in [2.45, 2.75) is 5.16 Å². The zero-order chi connectivity index (χ0) is 14.8. The summed E-state index contributed by atoms with van der Waals surface area (Å²) >= 11 is 1.04. The summed E-state index contributed by atoms with van der Waals surface area (Å²) in [7, 11) is 1.54. The van der Waals surface area contributed by atoms with Gasteiger partial charge in [-0.05, 0) is 12.1 Å². The van der Waals surface area contributed by atoms with E-state index in [9.17, 15) is 4.79 Å². The molecule has 0 radical (unpaired) electrons. The lowest BCUT2D eigenvalue weighted by molar-refractivity contribution is -0.133. The third kappa shape index (κ3) is 2.72. The van der Waals surface area contributed by atoms with Crippen molar-refractivity contribution in [2.24, 2.45) is 0 Å². The molecule has 0 saturated heterocycles. The van der Waals surface area contributed by atoms with Crippen LogP contribution in [0.15, 0.2) is 17.3 Å². The number of nitrogens with one attached hydrogen (secondary N) is 1. The maximum atomic E-state index is 10.5. The SMILES string of the molecule is COc1cc(-c2nc(SCC(=O)O)n[nH]2)cc2c1OCO2. The van der Waals surface area contributed by atoms with Gasteiger partial charge in [-0.15, -0.1) is 5.10 Å². The molecule has 0 atom stereocenters. The first-order valence-corrected chi connectivity index (χ1v) is 6.91. The number of carboxylic acid groups (broad SMARTS) is 1. The first-order chi connectivity index (χ1) is 10.2. The Hall–Kier alpha value is -2.42. The Bertz CT molecular complexity index is 688. The summed E-state index contributed by atoms with van der Waals surface area (Å²) < 4.78 is 15.9. The van der Waals surface area contributed by atoms with Crippen LogP contribution in [0, 0.1) is 0 Å². The number of rotatable bonds is 5. The Kier molecular flexibility index (Phi) is 3.57. The predicted octanol–water partition coefficient (Wildman–Crippen LogP) is 1.39. The number of carboxylic acids is 1. The molecule has 21 heavy (non-hydrogen) atoms. The third-order valence-electron chi connectivity index (χ3n) is 2.72. The normalized spacial score (nSPS) is 12.4. The molecule has 1 aliphatic rings. The molecule has 2 aromatic rings. The van der Waals surface area contributed by atoms with Crippen LogP contribution in [0.25, 0.3) is 11.4 Å². The molecular weight excluding hydrogens is 298 g/mol. The van der Waals surface area contributed by atoms with Gasteiger partial charge in [-0.1, -0.05) is 11.8 Å². The molecule has 0 spiro atoms. The second-order valence-electron chi connectivity index (χ2n) is 4.06. The number of fused-ring (bicyclic) bond motifs is 1. The van der Waals surface area contributed by atoms with Gasteiger partial charge in [0.2, 0.25) is 17.7 Å². The van der Waals surface area contributed by atoms with E-state index in [2.05, 4.69) is 15.2 Å². The highest BCUT2D eigenvalue weighted by atomic mass is 32.2. The lowest BCUT2D eigenvalue weighted by Gasteiger charge is -2.06. The molecule has 1 aromatic carbocycles. The number of benzene rings is 1. The second-order valence-corrected chi connectivity index (χ2v) is 5.00. The lowest BCUT2D eigenvalue weighted by atomic mass is 10.2. The Morgan fingerprint density at radius 2 is 2.38 bits per heavy atom. The summed E-state index contributed by atoms with van der Waals surface area (Å²) in [5, 5.41) is 15.7. The molecule has 0 amide bonds. The average molecular weight is 309 g/mol. The molecule has 2 N–H and O–H groups in total. The molecule has 0 saturated carbocycles.